The molecule has 0 saturated heterocycles. The van der Waals surface area contributed by atoms with Crippen LogP contribution in [-0.4, -0.2) is 42.5 Å². The Labute approximate surface area is 199 Å². The third-order valence-electron chi connectivity index (χ3n) is 5.07. The monoisotopic (exact) mass is 495 g/mol. The van der Waals surface area contributed by atoms with Crippen LogP contribution in [0, 0.1) is 5.82 Å². The zero-order chi connectivity index (χ0) is 25.2. The molecule has 0 saturated carbocycles. The van der Waals surface area contributed by atoms with E-state index in [-0.39, 0.29) is 15.8 Å². The maximum atomic E-state index is 13.2. The van der Waals surface area contributed by atoms with Crippen LogP contribution in [0.3, 0.4) is 0 Å². The molecule has 4 rings (SSSR count). The lowest BCUT2D eigenvalue weighted by molar-refractivity contribution is 0.0590. The summed E-state index contributed by atoms with van der Waals surface area (Å²) in [5.74, 6) is -3.19. The second-order valence-corrected chi connectivity index (χ2v) is 9.12. The van der Waals surface area contributed by atoms with Crippen LogP contribution in [0.15, 0.2) is 71.8 Å². The maximum absolute atomic E-state index is 13.2. The number of methoxy groups -OCH3 is 1. The van der Waals surface area contributed by atoms with Crippen molar-refractivity contribution in [1.29, 1.82) is 0 Å². The Morgan fingerprint density at radius 2 is 1.71 bits per heavy atom. The second-order valence-electron chi connectivity index (χ2n) is 7.44. The first-order valence-corrected chi connectivity index (χ1v) is 11.6. The number of sulfonamides is 1. The number of amides is 1. The number of hydrogen-bond acceptors (Lipinski definition) is 8. The molecule has 2 heterocycles. The molecule has 2 N–H and O–H groups in total. The molecule has 9 nitrogen and oxygen atoms in total. The number of hydrogen-bond donors (Lipinski definition) is 2. The highest BCUT2D eigenvalue weighted by molar-refractivity contribution is 7.90. The third-order valence-corrected chi connectivity index (χ3v) is 6.41. The fourth-order valence-electron chi connectivity index (χ4n) is 3.39. The fraction of sp³-hybridized carbons (Fsp3) is 0.0833. The van der Waals surface area contributed by atoms with Crippen molar-refractivity contribution in [1.82, 2.24) is 14.7 Å². The minimum atomic E-state index is -4.26. The lowest BCUT2D eigenvalue weighted by atomic mass is 10.0. The number of benzene rings is 2. The van der Waals surface area contributed by atoms with E-state index < -0.39 is 44.9 Å². The predicted molar refractivity (Wildman–Crippen MR) is 123 cm³/mol. The number of aromatic hydroxyl groups is 1. The van der Waals surface area contributed by atoms with Crippen LogP contribution in [0.4, 0.5) is 4.39 Å². The van der Waals surface area contributed by atoms with Gasteiger partial charge in [-0.25, -0.2) is 27.3 Å². The summed E-state index contributed by atoms with van der Waals surface area (Å²) in [6, 6.07) is 14.5. The zero-order valence-corrected chi connectivity index (χ0v) is 19.0. The largest absolute Gasteiger partial charge is 0.504 e. The van der Waals surface area contributed by atoms with Gasteiger partial charge in [0, 0.05) is 11.6 Å². The fourth-order valence-corrected chi connectivity index (χ4v) is 4.36. The summed E-state index contributed by atoms with van der Waals surface area (Å²) in [6.07, 6.45) is 1.71. The van der Waals surface area contributed by atoms with Crippen molar-refractivity contribution in [2.45, 2.75) is 11.3 Å². The molecule has 0 radical (unpaired) electrons. The van der Waals surface area contributed by atoms with Crippen LogP contribution in [-0.2, 0) is 21.2 Å². The van der Waals surface area contributed by atoms with E-state index in [9.17, 15) is 27.5 Å². The number of fused-ring (bicyclic) bond motifs is 1. The van der Waals surface area contributed by atoms with Gasteiger partial charge < -0.3 is 9.84 Å². The first-order chi connectivity index (χ1) is 16.7. The molecule has 35 heavy (non-hydrogen) atoms. The standard InChI is InChI=1S/C24H18FN3O6S/c1-34-24(31)21-22(29)19-18(12-15(13-26-19)11-14-7-9-16(25)10-8-14)20(27-21)23(30)28-35(32,33)17-5-3-2-4-6-17/h2-10,12-13,29H,11H2,1H3,(H,28,30). The Kier molecular flexibility index (Phi) is 6.43. The molecule has 0 atom stereocenters. The Bertz CT molecular complexity index is 1540. The summed E-state index contributed by atoms with van der Waals surface area (Å²) in [7, 11) is -3.20. The Morgan fingerprint density at radius 1 is 1.03 bits per heavy atom. The third kappa shape index (κ3) is 4.94. The molecular formula is C24H18FN3O6S. The molecule has 11 heteroatoms. The number of carbonyl (C=O) groups is 2. The molecule has 2 aromatic heterocycles. The van der Waals surface area contributed by atoms with Crippen LogP contribution in [0.25, 0.3) is 10.9 Å². The van der Waals surface area contributed by atoms with E-state index in [2.05, 4.69) is 14.7 Å². The lowest BCUT2D eigenvalue weighted by Crippen LogP contribution is -2.31. The van der Waals surface area contributed by atoms with E-state index in [4.69, 9.17) is 0 Å². The number of esters is 1. The summed E-state index contributed by atoms with van der Waals surface area (Å²) >= 11 is 0. The summed E-state index contributed by atoms with van der Waals surface area (Å²) in [6.45, 7) is 0. The Balaban J connectivity index is 1.82. The topological polar surface area (TPSA) is 136 Å². The minimum absolute atomic E-state index is 0.00975. The molecule has 0 aliphatic carbocycles. The SMILES string of the molecule is COC(=O)c1nc(C(=O)NS(=O)(=O)c2ccccc2)c2cc(Cc3ccc(F)cc3)cnc2c1O. The van der Waals surface area contributed by atoms with E-state index in [1.54, 1.807) is 18.2 Å². The number of nitrogens with one attached hydrogen (secondary N) is 1. The Morgan fingerprint density at radius 3 is 2.37 bits per heavy atom. The molecule has 2 aromatic carbocycles. The van der Waals surface area contributed by atoms with Crippen molar-refractivity contribution in [2.75, 3.05) is 7.11 Å². The van der Waals surface area contributed by atoms with Gasteiger partial charge in [0.1, 0.15) is 17.0 Å². The van der Waals surface area contributed by atoms with E-state index in [0.29, 0.717) is 12.0 Å². The van der Waals surface area contributed by atoms with Gasteiger partial charge in [0.05, 0.1) is 12.0 Å². The molecule has 0 aliphatic rings. The predicted octanol–water partition coefficient (Wildman–Crippen LogP) is 2.97. The molecule has 0 bridgehead atoms. The van der Waals surface area contributed by atoms with Gasteiger partial charge in [0.2, 0.25) is 0 Å². The van der Waals surface area contributed by atoms with Gasteiger partial charge in [0.15, 0.2) is 11.4 Å². The van der Waals surface area contributed by atoms with Gasteiger partial charge in [-0.05, 0) is 47.9 Å². The quantitative estimate of drug-likeness (QED) is 0.390. The summed E-state index contributed by atoms with van der Waals surface area (Å²) in [5.41, 5.74) is 0.113. The number of carbonyl (C=O) groups excluding carboxylic acids is 2. The number of pyridine rings is 2. The van der Waals surface area contributed by atoms with Crippen LogP contribution in [0.5, 0.6) is 5.75 Å². The number of halogens is 1. The van der Waals surface area contributed by atoms with Crippen molar-refractivity contribution in [2.24, 2.45) is 0 Å². The van der Waals surface area contributed by atoms with Gasteiger partial charge >= 0.3 is 5.97 Å². The van der Waals surface area contributed by atoms with Crippen molar-refractivity contribution in [3.63, 3.8) is 0 Å². The van der Waals surface area contributed by atoms with E-state index in [0.717, 1.165) is 12.7 Å². The first kappa shape index (κ1) is 23.8. The van der Waals surface area contributed by atoms with E-state index >= 15 is 0 Å². The average molecular weight is 495 g/mol. The van der Waals surface area contributed by atoms with Gasteiger partial charge in [-0.3, -0.25) is 9.78 Å². The number of aromatic nitrogens is 2. The molecule has 178 valence electrons. The van der Waals surface area contributed by atoms with Gasteiger partial charge in [0.25, 0.3) is 15.9 Å². The molecule has 1 amide bonds. The van der Waals surface area contributed by atoms with E-state index in [1.807, 2.05) is 4.72 Å². The van der Waals surface area contributed by atoms with Gasteiger partial charge in [-0.15, -0.1) is 0 Å². The van der Waals surface area contributed by atoms with Crippen LogP contribution in [0.1, 0.15) is 32.1 Å². The van der Waals surface area contributed by atoms with Crippen LogP contribution in [0.2, 0.25) is 0 Å². The lowest BCUT2D eigenvalue weighted by Gasteiger charge is -2.12. The number of nitrogens with zero attached hydrogens (tertiary/aromatic N) is 2. The van der Waals surface area contributed by atoms with Crippen LogP contribution < -0.4 is 4.72 Å². The van der Waals surface area contributed by atoms with Crippen LogP contribution >= 0.6 is 0 Å². The minimum Gasteiger partial charge on any atom is -0.504 e. The Hall–Kier alpha value is -4.38. The second kappa shape index (κ2) is 9.47. The molecule has 0 unspecified atom stereocenters. The normalized spacial score (nSPS) is 11.3. The average Bonchev–Trinajstić information content (AvgIpc) is 2.85. The number of rotatable bonds is 6. The zero-order valence-electron chi connectivity index (χ0n) is 18.2. The molecule has 4 aromatic rings. The molecule has 0 fully saturated rings. The summed E-state index contributed by atoms with van der Waals surface area (Å²) in [5, 5.41) is 10.6. The summed E-state index contributed by atoms with van der Waals surface area (Å²) in [4.78, 5) is 33.1. The smallest absolute Gasteiger partial charge is 0.360 e. The van der Waals surface area contributed by atoms with Crippen molar-refractivity contribution < 1.29 is 32.2 Å². The highest BCUT2D eigenvalue weighted by atomic mass is 32.2. The van der Waals surface area contributed by atoms with Crippen molar-refractivity contribution in [3.05, 3.63) is 95.2 Å². The van der Waals surface area contributed by atoms with E-state index in [1.165, 1.54) is 48.7 Å². The first-order valence-electron chi connectivity index (χ1n) is 10.2. The molecule has 0 aliphatic heterocycles. The summed E-state index contributed by atoms with van der Waals surface area (Å²) < 4.78 is 45.1. The number of ether oxygens (including phenoxy) is 1. The highest BCUT2D eigenvalue weighted by Gasteiger charge is 2.27. The van der Waals surface area contributed by atoms with Gasteiger partial charge in [-0.1, -0.05) is 30.3 Å². The molecule has 0 spiro atoms. The highest BCUT2D eigenvalue weighted by Crippen LogP contribution is 2.30. The van der Waals surface area contributed by atoms with Crippen molar-refractivity contribution in [3.8, 4) is 5.75 Å². The molecular weight excluding hydrogens is 477 g/mol. The maximum Gasteiger partial charge on any atom is 0.360 e. The van der Waals surface area contributed by atoms with Gasteiger partial charge in [-0.2, -0.15) is 0 Å². The van der Waals surface area contributed by atoms with Crippen molar-refractivity contribution >= 4 is 32.8 Å².